The minimum absolute atomic E-state index is 0.0449. The highest BCUT2D eigenvalue weighted by Gasteiger charge is 2.26. The van der Waals surface area contributed by atoms with Gasteiger partial charge in [0, 0.05) is 19.4 Å². The minimum atomic E-state index is -4.41. The van der Waals surface area contributed by atoms with Gasteiger partial charge >= 0.3 is 19.8 Å². The van der Waals surface area contributed by atoms with Crippen LogP contribution in [0.5, 0.6) is 0 Å². The third-order valence-electron chi connectivity index (χ3n) is 14.8. The fourth-order valence-corrected chi connectivity index (χ4v) is 10.4. The van der Waals surface area contributed by atoms with E-state index in [4.69, 9.17) is 24.3 Å². The molecule has 0 saturated carbocycles. The van der Waals surface area contributed by atoms with Gasteiger partial charge in [0.05, 0.1) is 13.2 Å². The van der Waals surface area contributed by atoms with E-state index in [0.717, 1.165) is 122 Å². The van der Waals surface area contributed by atoms with E-state index in [1.54, 1.807) is 0 Å². The summed E-state index contributed by atoms with van der Waals surface area (Å²) in [6, 6.07) is 0. The number of allylic oxidation sites excluding steroid dienone is 22. The molecule has 9 nitrogen and oxygen atoms in total. The zero-order valence-corrected chi connectivity index (χ0v) is 56.2. The largest absolute Gasteiger partial charge is 0.472 e. The molecule has 0 aromatic heterocycles. The van der Waals surface area contributed by atoms with Crippen LogP contribution < -0.4 is 5.73 Å². The zero-order chi connectivity index (χ0) is 62.3. The van der Waals surface area contributed by atoms with Crippen LogP contribution in [-0.4, -0.2) is 49.3 Å². The highest BCUT2D eigenvalue weighted by molar-refractivity contribution is 7.47. The van der Waals surface area contributed by atoms with Crippen LogP contribution in [-0.2, 0) is 32.7 Å². The second-order valence-electron chi connectivity index (χ2n) is 23.0. The van der Waals surface area contributed by atoms with Gasteiger partial charge < -0.3 is 20.1 Å². The molecular formula is C76H130NO8P. The summed E-state index contributed by atoms with van der Waals surface area (Å²) in [5.41, 5.74) is 5.40. The molecule has 0 aromatic carbocycles. The number of phosphoric ester groups is 1. The SMILES string of the molecule is CC/C=C\C/C=C\C/C=C\C/C=C\C/C=C\C/C=C\C/C=C\C/C=C\C/C=C\C/C=C\C/C=C\CCCCCCCC(=O)OC(COC(=O)CCCCCCCCCCCCCCCCCCCCCCCCCCCC)COP(=O)(O)OCCN. The first kappa shape index (κ1) is 82.1. The molecule has 0 radical (unpaired) electrons. The average molecular weight is 1220 g/mol. The van der Waals surface area contributed by atoms with Crippen LogP contribution >= 0.6 is 7.82 Å². The highest BCUT2D eigenvalue weighted by Crippen LogP contribution is 2.43. The van der Waals surface area contributed by atoms with E-state index in [9.17, 15) is 19.0 Å². The lowest BCUT2D eigenvalue weighted by Crippen LogP contribution is -2.29. The van der Waals surface area contributed by atoms with Crippen LogP contribution in [0.15, 0.2) is 134 Å². The van der Waals surface area contributed by atoms with Gasteiger partial charge in [-0.2, -0.15) is 0 Å². The van der Waals surface area contributed by atoms with Gasteiger partial charge in [-0.15, -0.1) is 0 Å². The lowest BCUT2D eigenvalue weighted by molar-refractivity contribution is -0.161. The molecule has 0 heterocycles. The Morgan fingerprint density at radius 1 is 0.360 bits per heavy atom. The van der Waals surface area contributed by atoms with Crippen LogP contribution in [0.3, 0.4) is 0 Å². The minimum Gasteiger partial charge on any atom is -0.462 e. The number of esters is 2. The smallest absolute Gasteiger partial charge is 0.462 e. The Morgan fingerprint density at radius 2 is 0.640 bits per heavy atom. The molecule has 0 amide bonds. The molecule has 10 heteroatoms. The predicted octanol–water partition coefficient (Wildman–Crippen LogP) is 23.2. The molecule has 2 unspecified atom stereocenters. The van der Waals surface area contributed by atoms with Crippen molar-refractivity contribution in [3.63, 3.8) is 0 Å². The van der Waals surface area contributed by atoms with Crippen molar-refractivity contribution in [1.82, 2.24) is 0 Å². The molecule has 0 aromatic rings. The Bertz CT molecular complexity index is 1870. The molecule has 0 aliphatic heterocycles. The van der Waals surface area contributed by atoms with E-state index in [1.807, 2.05) is 0 Å². The second-order valence-corrected chi connectivity index (χ2v) is 24.5. The van der Waals surface area contributed by atoms with Gasteiger partial charge in [-0.1, -0.05) is 327 Å². The molecule has 3 N–H and O–H groups in total. The van der Waals surface area contributed by atoms with Gasteiger partial charge in [-0.05, 0) is 96.3 Å². The Morgan fingerprint density at radius 3 is 0.953 bits per heavy atom. The fraction of sp³-hybridized carbons (Fsp3) is 0.684. The number of nitrogens with two attached hydrogens (primary N) is 1. The number of carbonyl (C=O) groups excluding carboxylic acids is 2. The highest BCUT2D eigenvalue weighted by atomic mass is 31.2. The molecule has 0 bridgehead atoms. The summed E-state index contributed by atoms with van der Waals surface area (Å²) in [6.45, 7) is 3.63. The van der Waals surface area contributed by atoms with Crippen molar-refractivity contribution in [2.24, 2.45) is 5.73 Å². The Hall–Kier alpha value is -3.85. The Labute approximate surface area is 529 Å². The molecule has 0 aliphatic rings. The second kappa shape index (κ2) is 70.2. The van der Waals surface area contributed by atoms with Crippen molar-refractivity contribution in [2.45, 2.75) is 309 Å². The van der Waals surface area contributed by atoms with E-state index in [-0.39, 0.29) is 38.6 Å². The average Bonchev–Trinajstić information content (AvgIpc) is 3.55. The number of unbranched alkanes of at least 4 members (excludes halogenated alkanes) is 30. The van der Waals surface area contributed by atoms with E-state index < -0.39 is 26.5 Å². The zero-order valence-electron chi connectivity index (χ0n) is 55.3. The van der Waals surface area contributed by atoms with Crippen molar-refractivity contribution in [2.75, 3.05) is 26.4 Å². The van der Waals surface area contributed by atoms with Crippen LogP contribution in [0.2, 0.25) is 0 Å². The maximum Gasteiger partial charge on any atom is 0.472 e. The third-order valence-corrected chi connectivity index (χ3v) is 15.8. The Balaban J connectivity index is 3.99. The number of hydrogen-bond donors (Lipinski definition) is 2. The normalized spacial score (nSPS) is 13.8. The number of ether oxygens (including phenoxy) is 2. The van der Waals surface area contributed by atoms with Crippen LogP contribution in [0.1, 0.15) is 303 Å². The molecule has 0 fully saturated rings. The third kappa shape index (κ3) is 69.3. The van der Waals surface area contributed by atoms with Crippen LogP contribution in [0.25, 0.3) is 0 Å². The van der Waals surface area contributed by atoms with Crippen LogP contribution in [0.4, 0.5) is 0 Å². The molecule has 86 heavy (non-hydrogen) atoms. The number of rotatable bonds is 65. The standard InChI is InChI=1S/C76H130NO8P/c1-3-5-7-9-11-13-15-17-19-21-23-25-27-29-31-32-33-34-35-36-37-38-39-40-41-42-43-45-47-49-51-53-55-57-59-61-63-65-67-69-76(79)85-74(73-84-86(80,81)83-71-70-77)72-82-75(78)68-66-64-62-60-58-56-54-52-50-48-46-44-30-28-26-24-22-20-18-16-14-12-10-8-6-4-2/h5,7,11,13,17,19,23,25,29,31,33-34,36-37,39-40,42-43,47,49,53,55,74H,3-4,6,8-10,12,14-16,18,20-22,24,26-28,30,32,35,38,41,44-46,48,50-52,54,56-73,77H2,1-2H3,(H,80,81)/b7-5-,13-11-,19-17-,25-23-,31-29-,34-33-,37-36-,40-39-,43-42-,49-47-,55-53-. The summed E-state index contributed by atoms with van der Waals surface area (Å²) in [6.07, 6.45) is 99.7. The van der Waals surface area contributed by atoms with E-state index in [2.05, 4.69) is 148 Å². The molecule has 2 atom stereocenters. The quantitative estimate of drug-likeness (QED) is 0.0264. The first-order valence-electron chi connectivity index (χ1n) is 35.2. The first-order chi connectivity index (χ1) is 42.3. The molecule has 492 valence electrons. The molecule has 0 aliphatic carbocycles. The topological polar surface area (TPSA) is 134 Å². The summed E-state index contributed by atoms with van der Waals surface area (Å²) in [5, 5.41) is 0. The summed E-state index contributed by atoms with van der Waals surface area (Å²) in [7, 11) is -4.41. The molecule has 0 saturated heterocycles. The van der Waals surface area contributed by atoms with E-state index in [1.165, 1.54) is 148 Å². The van der Waals surface area contributed by atoms with Gasteiger partial charge in [0.15, 0.2) is 6.10 Å². The summed E-state index contributed by atoms with van der Waals surface area (Å²) in [4.78, 5) is 35.3. The fourth-order valence-electron chi connectivity index (χ4n) is 9.64. The number of hydrogen-bond acceptors (Lipinski definition) is 8. The van der Waals surface area contributed by atoms with Crippen molar-refractivity contribution in [3.8, 4) is 0 Å². The van der Waals surface area contributed by atoms with E-state index >= 15 is 0 Å². The van der Waals surface area contributed by atoms with Gasteiger partial charge in [-0.25, -0.2) is 4.57 Å². The molecular weight excluding hydrogens is 1090 g/mol. The van der Waals surface area contributed by atoms with Gasteiger partial charge in [-0.3, -0.25) is 18.6 Å². The van der Waals surface area contributed by atoms with Crippen molar-refractivity contribution in [3.05, 3.63) is 134 Å². The van der Waals surface area contributed by atoms with Crippen molar-refractivity contribution < 1.29 is 37.6 Å². The van der Waals surface area contributed by atoms with Crippen molar-refractivity contribution >= 4 is 19.8 Å². The van der Waals surface area contributed by atoms with Gasteiger partial charge in [0.2, 0.25) is 0 Å². The van der Waals surface area contributed by atoms with Crippen LogP contribution in [0, 0.1) is 0 Å². The molecule has 0 rings (SSSR count). The molecule has 0 spiro atoms. The maximum atomic E-state index is 12.8. The summed E-state index contributed by atoms with van der Waals surface area (Å²) >= 11 is 0. The van der Waals surface area contributed by atoms with Crippen molar-refractivity contribution in [1.29, 1.82) is 0 Å². The van der Waals surface area contributed by atoms with Gasteiger partial charge in [0.25, 0.3) is 0 Å². The predicted molar refractivity (Wildman–Crippen MR) is 371 cm³/mol. The number of phosphoric acid groups is 1. The summed E-state index contributed by atoms with van der Waals surface area (Å²) in [5.74, 6) is -0.847. The monoisotopic (exact) mass is 1220 g/mol. The Kier molecular flexibility index (Phi) is 67.1. The van der Waals surface area contributed by atoms with E-state index in [0.29, 0.717) is 6.42 Å². The number of carbonyl (C=O) groups is 2. The summed E-state index contributed by atoms with van der Waals surface area (Å²) < 4.78 is 33.1. The lowest BCUT2D eigenvalue weighted by atomic mass is 10.0. The lowest BCUT2D eigenvalue weighted by Gasteiger charge is -2.19. The first-order valence-corrected chi connectivity index (χ1v) is 36.7. The van der Waals surface area contributed by atoms with Gasteiger partial charge in [0.1, 0.15) is 6.61 Å². The maximum absolute atomic E-state index is 12.8.